The van der Waals surface area contributed by atoms with E-state index >= 15 is 0 Å². The van der Waals surface area contributed by atoms with Crippen LogP contribution in [0.3, 0.4) is 0 Å². The van der Waals surface area contributed by atoms with Crippen LogP contribution in [0.15, 0.2) is 48.5 Å². The first-order chi connectivity index (χ1) is 13.5. The lowest BCUT2D eigenvalue weighted by Gasteiger charge is -2.19. The van der Waals surface area contributed by atoms with Crippen LogP contribution in [0.25, 0.3) is 10.1 Å². The lowest BCUT2D eigenvalue weighted by molar-refractivity contribution is -0.143. The molecule has 0 saturated carbocycles. The number of esters is 1. The van der Waals surface area contributed by atoms with E-state index in [9.17, 15) is 9.59 Å². The second-order valence-corrected chi connectivity index (χ2v) is 7.42. The van der Waals surface area contributed by atoms with Crippen molar-refractivity contribution in [2.75, 3.05) is 13.7 Å². The molecule has 5 nitrogen and oxygen atoms in total. The van der Waals surface area contributed by atoms with Crippen LogP contribution in [0.5, 0.6) is 5.75 Å². The number of hydrogen-bond donors (Lipinski definition) is 1. The molecule has 1 amide bonds. The number of rotatable bonds is 7. The van der Waals surface area contributed by atoms with Crippen LogP contribution in [-0.4, -0.2) is 25.6 Å². The predicted octanol–water partition coefficient (Wildman–Crippen LogP) is 4.64. The van der Waals surface area contributed by atoms with Gasteiger partial charge in [0.25, 0.3) is 5.91 Å². The third-order valence-electron chi connectivity index (χ3n) is 4.53. The van der Waals surface area contributed by atoms with Crippen LogP contribution in [0.1, 0.15) is 40.2 Å². The Kier molecular flexibility index (Phi) is 6.31. The molecule has 1 unspecified atom stereocenters. The highest BCUT2D eigenvalue weighted by atomic mass is 32.1. The summed E-state index contributed by atoms with van der Waals surface area (Å²) >= 11 is 1.45. The van der Waals surface area contributed by atoms with E-state index in [1.165, 1.54) is 11.3 Å². The van der Waals surface area contributed by atoms with Gasteiger partial charge in [-0.05, 0) is 48.6 Å². The van der Waals surface area contributed by atoms with Gasteiger partial charge in [0.05, 0.1) is 31.1 Å². The summed E-state index contributed by atoms with van der Waals surface area (Å²) < 4.78 is 11.4. The molecule has 6 heteroatoms. The number of nitrogens with one attached hydrogen (secondary N) is 1. The van der Waals surface area contributed by atoms with Crippen molar-refractivity contribution in [1.29, 1.82) is 0 Å². The van der Waals surface area contributed by atoms with Gasteiger partial charge in [-0.2, -0.15) is 0 Å². The summed E-state index contributed by atoms with van der Waals surface area (Å²) in [6.07, 6.45) is 0.0523. The zero-order chi connectivity index (χ0) is 20.1. The average Bonchev–Trinajstić information content (AvgIpc) is 3.05. The molecule has 1 N–H and O–H groups in total. The third kappa shape index (κ3) is 4.34. The minimum Gasteiger partial charge on any atom is -0.497 e. The molecule has 0 radical (unpaired) electrons. The maximum Gasteiger partial charge on any atom is 0.308 e. The number of carbonyl (C=O) groups is 2. The van der Waals surface area contributed by atoms with E-state index in [1.54, 1.807) is 14.0 Å². The first kappa shape index (κ1) is 19.9. The molecular weight excluding hydrogens is 374 g/mol. The molecule has 0 saturated heterocycles. The smallest absolute Gasteiger partial charge is 0.308 e. The molecule has 2 aromatic carbocycles. The number of amides is 1. The molecule has 0 fully saturated rings. The minimum atomic E-state index is -0.508. The van der Waals surface area contributed by atoms with Crippen molar-refractivity contribution < 1.29 is 19.1 Å². The maximum atomic E-state index is 13.0. The van der Waals surface area contributed by atoms with Gasteiger partial charge in [-0.25, -0.2) is 0 Å². The van der Waals surface area contributed by atoms with Gasteiger partial charge in [0.15, 0.2) is 0 Å². The zero-order valence-electron chi connectivity index (χ0n) is 16.2. The van der Waals surface area contributed by atoms with Gasteiger partial charge in [-0.15, -0.1) is 11.3 Å². The summed E-state index contributed by atoms with van der Waals surface area (Å²) in [6.45, 7) is 4.00. The summed E-state index contributed by atoms with van der Waals surface area (Å²) in [5, 5.41) is 4.08. The maximum absolute atomic E-state index is 13.0. The van der Waals surface area contributed by atoms with Crippen molar-refractivity contribution in [3.63, 3.8) is 0 Å². The molecule has 3 rings (SSSR count). The van der Waals surface area contributed by atoms with E-state index < -0.39 is 6.04 Å². The van der Waals surface area contributed by atoms with E-state index in [2.05, 4.69) is 5.32 Å². The zero-order valence-corrected chi connectivity index (χ0v) is 17.0. The van der Waals surface area contributed by atoms with E-state index in [-0.39, 0.29) is 18.3 Å². The molecule has 0 aliphatic carbocycles. The van der Waals surface area contributed by atoms with Crippen LogP contribution in [0.2, 0.25) is 0 Å². The van der Waals surface area contributed by atoms with Gasteiger partial charge >= 0.3 is 5.97 Å². The number of fused-ring (bicyclic) bond motifs is 1. The number of hydrogen-bond acceptors (Lipinski definition) is 5. The fraction of sp³-hybridized carbons (Fsp3) is 0.273. The molecule has 1 aromatic heterocycles. The third-order valence-corrected chi connectivity index (χ3v) is 5.80. The highest BCUT2D eigenvalue weighted by Gasteiger charge is 2.23. The Morgan fingerprint density at radius 3 is 2.64 bits per heavy atom. The quantitative estimate of drug-likeness (QED) is 0.590. The van der Waals surface area contributed by atoms with Crippen molar-refractivity contribution in [2.24, 2.45) is 0 Å². The normalized spacial score (nSPS) is 11.8. The topological polar surface area (TPSA) is 64.6 Å². The van der Waals surface area contributed by atoms with Crippen LogP contribution in [-0.2, 0) is 9.53 Å². The largest absolute Gasteiger partial charge is 0.497 e. The van der Waals surface area contributed by atoms with Gasteiger partial charge in [0.1, 0.15) is 5.75 Å². The lowest BCUT2D eigenvalue weighted by Crippen LogP contribution is -2.30. The van der Waals surface area contributed by atoms with Gasteiger partial charge in [-0.1, -0.05) is 30.3 Å². The van der Waals surface area contributed by atoms with Crippen LogP contribution in [0, 0.1) is 6.92 Å². The van der Waals surface area contributed by atoms with E-state index in [0.717, 1.165) is 21.2 Å². The molecule has 1 atom stereocenters. The number of aryl methyl sites for hydroxylation is 1. The van der Waals surface area contributed by atoms with Crippen molar-refractivity contribution in [3.8, 4) is 5.75 Å². The SMILES string of the molecule is CCOC(=O)CC(NC(=O)c1sc2ccccc2c1C)c1cccc(OC)c1. The second-order valence-electron chi connectivity index (χ2n) is 6.36. The Bertz CT molecular complexity index is 995. The lowest BCUT2D eigenvalue weighted by atomic mass is 10.0. The summed E-state index contributed by atoms with van der Waals surface area (Å²) in [7, 11) is 1.58. The monoisotopic (exact) mass is 397 g/mol. The highest BCUT2D eigenvalue weighted by molar-refractivity contribution is 7.21. The minimum absolute atomic E-state index is 0.0523. The van der Waals surface area contributed by atoms with Gasteiger partial charge < -0.3 is 14.8 Å². The average molecular weight is 397 g/mol. The Morgan fingerprint density at radius 1 is 1.14 bits per heavy atom. The molecule has 1 heterocycles. The second kappa shape index (κ2) is 8.89. The van der Waals surface area contributed by atoms with Crippen molar-refractivity contribution in [1.82, 2.24) is 5.32 Å². The molecule has 0 bridgehead atoms. The van der Waals surface area contributed by atoms with Gasteiger partial charge in [0, 0.05) is 4.70 Å². The summed E-state index contributed by atoms with van der Waals surface area (Å²) in [4.78, 5) is 25.8. The molecule has 0 aliphatic heterocycles. The first-order valence-corrected chi connectivity index (χ1v) is 9.93. The summed E-state index contributed by atoms with van der Waals surface area (Å²) in [5.74, 6) is 0.109. The molecule has 28 heavy (non-hydrogen) atoms. The first-order valence-electron chi connectivity index (χ1n) is 9.12. The van der Waals surface area contributed by atoms with Crippen LogP contribution >= 0.6 is 11.3 Å². The van der Waals surface area contributed by atoms with Crippen molar-refractivity contribution in [2.45, 2.75) is 26.3 Å². The van der Waals surface area contributed by atoms with E-state index in [4.69, 9.17) is 9.47 Å². The van der Waals surface area contributed by atoms with Gasteiger partial charge in [-0.3, -0.25) is 9.59 Å². The Morgan fingerprint density at radius 2 is 1.93 bits per heavy atom. The molecule has 0 aliphatic rings. The van der Waals surface area contributed by atoms with Crippen LogP contribution in [0.4, 0.5) is 0 Å². The van der Waals surface area contributed by atoms with E-state index in [0.29, 0.717) is 17.2 Å². The summed E-state index contributed by atoms with van der Waals surface area (Å²) in [6, 6.07) is 14.8. The Hall–Kier alpha value is -2.86. The fourth-order valence-electron chi connectivity index (χ4n) is 3.11. The fourth-order valence-corrected chi connectivity index (χ4v) is 4.22. The predicted molar refractivity (Wildman–Crippen MR) is 111 cm³/mol. The number of thiophene rings is 1. The number of methoxy groups -OCH3 is 1. The van der Waals surface area contributed by atoms with E-state index in [1.807, 2.05) is 55.5 Å². The number of benzene rings is 2. The van der Waals surface area contributed by atoms with Gasteiger partial charge in [0.2, 0.25) is 0 Å². The molecule has 146 valence electrons. The molecular formula is C22H23NO4S. The number of ether oxygens (including phenoxy) is 2. The molecule has 0 spiro atoms. The standard InChI is InChI=1S/C22H23NO4S/c1-4-27-20(24)13-18(15-8-7-9-16(12-15)26-3)23-22(25)21-14(2)17-10-5-6-11-19(17)28-21/h5-12,18H,4,13H2,1-3H3,(H,23,25). The number of carbonyl (C=O) groups excluding carboxylic acids is 2. The van der Waals surface area contributed by atoms with Crippen LogP contribution < -0.4 is 10.1 Å². The highest BCUT2D eigenvalue weighted by Crippen LogP contribution is 2.31. The van der Waals surface area contributed by atoms with Crippen molar-refractivity contribution in [3.05, 3.63) is 64.5 Å². The summed E-state index contributed by atoms with van der Waals surface area (Å²) in [5.41, 5.74) is 1.73. The molecule has 3 aromatic rings. The van der Waals surface area contributed by atoms with Crippen molar-refractivity contribution >= 4 is 33.3 Å². The Labute approximate surface area is 168 Å². The Balaban J connectivity index is 1.89.